The highest BCUT2D eigenvalue weighted by Gasteiger charge is 2.35. The second kappa shape index (κ2) is 7.76. The molecule has 1 fully saturated rings. The summed E-state index contributed by atoms with van der Waals surface area (Å²) >= 11 is 6.00. The van der Waals surface area contributed by atoms with E-state index in [1.165, 1.54) is 18.9 Å². The lowest BCUT2D eigenvalue weighted by Crippen LogP contribution is -2.48. The van der Waals surface area contributed by atoms with Crippen LogP contribution in [0.25, 0.3) is 0 Å². The van der Waals surface area contributed by atoms with Crippen LogP contribution in [0.2, 0.25) is 5.02 Å². The molecule has 9 heteroatoms. The summed E-state index contributed by atoms with van der Waals surface area (Å²) in [5, 5.41) is 3.20. The standard InChI is InChI=1S/C20H22ClN3O4S/c1-29(26,27)24-13-19(28-18-9-4-14(21)12-17(18)24)20(25)22-15-5-7-16(8-6-15)23-10-2-3-11-23/h4-9,12,19H,2-3,10-11,13H2,1H3,(H,22,25)/t19-/m0/s1. The number of sulfonamides is 1. The Morgan fingerprint density at radius 3 is 2.48 bits per heavy atom. The van der Waals surface area contributed by atoms with Crippen LogP contribution in [0.1, 0.15) is 12.8 Å². The van der Waals surface area contributed by atoms with Crippen LogP contribution in [-0.2, 0) is 14.8 Å². The maximum Gasteiger partial charge on any atom is 0.267 e. The van der Waals surface area contributed by atoms with E-state index in [0.29, 0.717) is 22.1 Å². The van der Waals surface area contributed by atoms with Gasteiger partial charge in [0.05, 0.1) is 18.5 Å². The molecule has 29 heavy (non-hydrogen) atoms. The van der Waals surface area contributed by atoms with Gasteiger partial charge in [0, 0.05) is 29.5 Å². The summed E-state index contributed by atoms with van der Waals surface area (Å²) in [6, 6.07) is 12.3. The van der Waals surface area contributed by atoms with Crippen LogP contribution < -0.4 is 19.3 Å². The molecule has 4 rings (SSSR count). The average Bonchev–Trinajstić information content (AvgIpc) is 3.21. The van der Waals surface area contributed by atoms with Crippen molar-refractivity contribution in [3.63, 3.8) is 0 Å². The quantitative estimate of drug-likeness (QED) is 0.798. The number of hydrogen-bond donors (Lipinski definition) is 1. The summed E-state index contributed by atoms with van der Waals surface area (Å²) in [6.45, 7) is 1.97. The number of hydrogen-bond acceptors (Lipinski definition) is 5. The molecule has 0 aromatic heterocycles. The lowest BCUT2D eigenvalue weighted by molar-refractivity contribution is -0.122. The Hall–Kier alpha value is -2.45. The van der Waals surface area contributed by atoms with E-state index in [0.717, 1.165) is 29.3 Å². The number of carbonyl (C=O) groups is 1. The summed E-state index contributed by atoms with van der Waals surface area (Å²) in [5.74, 6) is -0.108. The molecule has 2 aromatic rings. The van der Waals surface area contributed by atoms with Crippen molar-refractivity contribution in [3.8, 4) is 5.75 Å². The highest BCUT2D eigenvalue weighted by Crippen LogP contribution is 2.37. The van der Waals surface area contributed by atoms with Crippen molar-refractivity contribution in [1.29, 1.82) is 0 Å². The minimum atomic E-state index is -3.60. The lowest BCUT2D eigenvalue weighted by Gasteiger charge is -2.34. The fourth-order valence-corrected chi connectivity index (χ4v) is 4.70. The van der Waals surface area contributed by atoms with E-state index < -0.39 is 22.0 Å². The minimum absolute atomic E-state index is 0.121. The summed E-state index contributed by atoms with van der Waals surface area (Å²) in [4.78, 5) is 15.1. The van der Waals surface area contributed by atoms with Gasteiger partial charge in [0.25, 0.3) is 5.91 Å². The Morgan fingerprint density at radius 2 is 1.83 bits per heavy atom. The van der Waals surface area contributed by atoms with Gasteiger partial charge in [-0.1, -0.05) is 11.6 Å². The van der Waals surface area contributed by atoms with Gasteiger partial charge in [0.2, 0.25) is 10.0 Å². The second-order valence-corrected chi connectivity index (χ2v) is 9.59. The van der Waals surface area contributed by atoms with Crippen molar-refractivity contribution in [2.24, 2.45) is 0 Å². The number of nitrogens with one attached hydrogen (secondary N) is 1. The first-order chi connectivity index (χ1) is 13.8. The first-order valence-electron chi connectivity index (χ1n) is 9.41. The van der Waals surface area contributed by atoms with E-state index in [-0.39, 0.29) is 6.54 Å². The molecule has 0 aliphatic carbocycles. The van der Waals surface area contributed by atoms with Crippen LogP contribution in [0.15, 0.2) is 42.5 Å². The van der Waals surface area contributed by atoms with Crippen molar-refractivity contribution >= 4 is 44.6 Å². The van der Waals surface area contributed by atoms with Crippen molar-refractivity contribution in [2.45, 2.75) is 18.9 Å². The van der Waals surface area contributed by atoms with Gasteiger partial charge in [0.1, 0.15) is 5.75 Å². The van der Waals surface area contributed by atoms with E-state index in [4.69, 9.17) is 16.3 Å². The number of ether oxygens (including phenoxy) is 1. The maximum absolute atomic E-state index is 12.8. The fraction of sp³-hybridized carbons (Fsp3) is 0.350. The average molecular weight is 436 g/mol. The maximum atomic E-state index is 12.8. The van der Waals surface area contributed by atoms with Crippen LogP contribution in [0.4, 0.5) is 17.1 Å². The molecular formula is C20H22ClN3O4S. The van der Waals surface area contributed by atoms with Gasteiger partial charge in [-0.2, -0.15) is 0 Å². The Bertz CT molecular complexity index is 1020. The van der Waals surface area contributed by atoms with Gasteiger partial charge in [-0.05, 0) is 55.3 Å². The van der Waals surface area contributed by atoms with Crippen LogP contribution in [0.3, 0.4) is 0 Å². The predicted molar refractivity (Wildman–Crippen MR) is 115 cm³/mol. The molecule has 1 N–H and O–H groups in total. The van der Waals surface area contributed by atoms with Gasteiger partial charge < -0.3 is 15.0 Å². The largest absolute Gasteiger partial charge is 0.476 e. The van der Waals surface area contributed by atoms with Gasteiger partial charge in [-0.3, -0.25) is 9.10 Å². The zero-order chi connectivity index (χ0) is 20.6. The second-order valence-electron chi connectivity index (χ2n) is 7.24. The van der Waals surface area contributed by atoms with Gasteiger partial charge in [-0.25, -0.2) is 8.42 Å². The lowest BCUT2D eigenvalue weighted by atomic mass is 10.2. The van der Waals surface area contributed by atoms with Gasteiger partial charge in [-0.15, -0.1) is 0 Å². The molecule has 1 atom stereocenters. The van der Waals surface area contributed by atoms with Crippen molar-refractivity contribution in [3.05, 3.63) is 47.5 Å². The number of anilines is 3. The highest BCUT2D eigenvalue weighted by atomic mass is 35.5. The number of rotatable bonds is 4. The molecule has 2 aromatic carbocycles. The Balaban J connectivity index is 1.50. The third kappa shape index (κ3) is 4.28. The number of carbonyl (C=O) groups excluding carboxylic acids is 1. The molecule has 0 unspecified atom stereocenters. The third-order valence-electron chi connectivity index (χ3n) is 5.09. The van der Waals surface area contributed by atoms with Crippen molar-refractivity contribution in [2.75, 3.05) is 40.4 Å². The molecule has 1 saturated heterocycles. The number of fused-ring (bicyclic) bond motifs is 1. The summed E-state index contributed by atoms with van der Waals surface area (Å²) in [6.07, 6.45) is 2.51. The molecule has 0 saturated carbocycles. The number of halogens is 1. The smallest absolute Gasteiger partial charge is 0.267 e. The number of nitrogens with zero attached hydrogens (tertiary/aromatic N) is 2. The summed E-state index contributed by atoms with van der Waals surface area (Å²) in [7, 11) is -3.60. The van der Waals surface area contributed by atoms with E-state index >= 15 is 0 Å². The fourth-order valence-electron chi connectivity index (χ4n) is 3.63. The predicted octanol–water partition coefficient (Wildman–Crippen LogP) is 3.11. The zero-order valence-corrected chi connectivity index (χ0v) is 17.5. The van der Waals surface area contributed by atoms with E-state index in [1.807, 2.05) is 24.3 Å². The molecule has 2 aliphatic heterocycles. The van der Waals surface area contributed by atoms with Crippen molar-refractivity contribution in [1.82, 2.24) is 0 Å². The molecule has 2 aliphatic rings. The Morgan fingerprint density at radius 1 is 1.14 bits per heavy atom. The Kier molecular flexibility index (Phi) is 5.31. The third-order valence-corrected chi connectivity index (χ3v) is 6.47. The summed E-state index contributed by atoms with van der Waals surface area (Å²) < 4.78 is 31.4. The molecular weight excluding hydrogens is 414 g/mol. The van der Waals surface area contributed by atoms with Crippen LogP contribution in [0, 0.1) is 0 Å². The molecule has 0 spiro atoms. The molecule has 2 heterocycles. The van der Waals surface area contributed by atoms with Crippen molar-refractivity contribution < 1.29 is 17.9 Å². The first-order valence-corrected chi connectivity index (χ1v) is 11.6. The van der Waals surface area contributed by atoms with E-state index in [2.05, 4.69) is 10.2 Å². The van der Waals surface area contributed by atoms with Crippen LogP contribution in [-0.4, -0.2) is 46.3 Å². The summed E-state index contributed by atoms with van der Waals surface area (Å²) in [5.41, 5.74) is 2.09. The van der Waals surface area contributed by atoms with Gasteiger partial charge >= 0.3 is 0 Å². The first kappa shape index (κ1) is 19.8. The molecule has 1 amide bonds. The van der Waals surface area contributed by atoms with E-state index in [1.54, 1.807) is 12.1 Å². The van der Waals surface area contributed by atoms with Gasteiger partial charge in [0.15, 0.2) is 6.10 Å². The molecule has 154 valence electrons. The monoisotopic (exact) mass is 435 g/mol. The van der Waals surface area contributed by atoms with E-state index in [9.17, 15) is 13.2 Å². The molecule has 0 radical (unpaired) electrons. The minimum Gasteiger partial charge on any atom is -0.476 e. The zero-order valence-electron chi connectivity index (χ0n) is 16.0. The highest BCUT2D eigenvalue weighted by molar-refractivity contribution is 7.92. The van der Waals surface area contributed by atoms with Crippen LogP contribution >= 0.6 is 11.6 Å². The number of benzene rings is 2. The normalized spacial score (nSPS) is 18.9. The molecule has 7 nitrogen and oxygen atoms in total. The topological polar surface area (TPSA) is 79.0 Å². The SMILES string of the molecule is CS(=O)(=O)N1C[C@@H](C(=O)Nc2ccc(N3CCCC3)cc2)Oc2ccc(Cl)cc21. The number of amides is 1. The van der Waals surface area contributed by atoms with Crippen LogP contribution in [0.5, 0.6) is 5.75 Å². The Labute approximate surface area is 175 Å². The molecule has 0 bridgehead atoms.